The van der Waals surface area contributed by atoms with Crippen LogP contribution in [-0.2, 0) is 9.53 Å². The zero-order valence-electron chi connectivity index (χ0n) is 10.7. The molecule has 104 valence electrons. The second-order valence-corrected chi connectivity index (χ2v) is 5.01. The number of hydrogen-bond acceptors (Lipinski definition) is 3. The second kappa shape index (κ2) is 7.36. The van der Waals surface area contributed by atoms with Crippen molar-refractivity contribution in [3.05, 3.63) is 33.8 Å². The van der Waals surface area contributed by atoms with E-state index >= 15 is 0 Å². The topological polar surface area (TPSA) is 55.4 Å². The highest BCUT2D eigenvalue weighted by Crippen LogP contribution is 2.20. The third kappa shape index (κ3) is 5.49. The van der Waals surface area contributed by atoms with Gasteiger partial charge in [0.05, 0.1) is 23.1 Å². The Morgan fingerprint density at radius 2 is 2.00 bits per heavy atom. The van der Waals surface area contributed by atoms with E-state index in [4.69, 9.17) is 27.9 Å². The van der Waals surface area contributed by atoms with Gasteiger partial charge in [0.1, 0.15) is 0 Å². The van der Waals surface area contributed by atoms with Gasteiger partial charge in [0.2, 0.25) is 0 Å². The van der Waals surface area contributed by atoms with Crippen LogP contribution in [0, 0.1) is 0 Å². The number of ether oxygens (including phenoxy) is 1. The van der Waals surface area contributed by atoms with E-state index < -0.39 is 0 Å². The predicted molar refractivity (Wildman–Crippen MR) is 74.6 cm³/mol. The average molecular weight is 304 g/mol. The number of carbonyl (C=O) groups is 2. The van der Waals surface area contributed by atoms with Crippen LogP contribution in [0.4, 0.5) is 0 Å². The van der Waals surface area contributed by atoms with Crippen LogP contribution >= 0.6 is 23.2 Å². The molecule has 1 amide bonds. The molecule has 0 aliphatic rings. The van der Waals surface area contributed by atoms with Gasteiger partial charge in [0.15, 0.2) is 0 Å². The fraction of sp³-hybridized carbons (Fsp3) is 0.385. The van der Waals surface area contributed by atoms with Crippen LogP contribution in [-0.4, -0.2) is 24.5 Å². The van der Waals surface area contributed by atoms with E-state index in [1.165, 1.54) is 12.1 Å². The van der Waals surface area contributed by atoms with Crippen LogP contribution in [0.25, 0.3) is 0 Å². The van der Waals surface area contributed by atoms with Crippen molar-refractivity contribution in [2.45, 2.75) is 26.4 Å². The summed E-state index contributed by atoms with van der Waals surface area (Å²) in [7, 11) is 0. The zero-order chi connectivity index (χ0) is 14.4. The summed E-state index contributed by atoms with van der Waals surface area (Å²) in [4.78, 5) is 23.1. The first-order valence-corrected chi connectivity index (χ1v) is 6.58. The second-order valence-electron chi connectivity index (χ2n) is 4.17. The Kier molecular flexibility index (Phi) is 6.12. The van der Waals surface area contributed by atoms with Crippen molar-refractivity contribution in [3.63, 3.8) is 0 Å². The largest absolute Gasteiger partial charge is 0.463 e. The molecule has 0 radical (unpaired) electrons. The summed E-state index contributed by atoms with van der Waals surface area (Å²) in [6.45, 7) is 3.73. The molecular weight excluding hydrogens is 289 g/mol. The van der Waals surface area contributed by atoms with Crippen molar-refractivity contribution < 1.29 is 14.3 Å². The van der Waals surface area contributed by atoms with E-state index in [0.717, 1.165) is 0 Å². The maximum absolute atomic E-state index is 11.8. The fourth-order valence-corrected chi connectivity index (χ4v) is 1.86. The minimum atomic E-state index is -0.350. The van der Waals surface area contributed by atoms with Crippen LogP contribution in [0.5, 0.6) is 0 Å². The van der Waals surface area contributed by atoms with Crippen LogP contribution in [0.3, 0.4) is 0 Å². The van der Waals surface area contributed by atoms with E-state index in [1.54, 1.807) is 19.9 Å². The van der Waals surface area contributed by atoms with Crippen LogP contribution in [0.2, 0.25) is 10.0 Å². The summed E-state index contributed by atoms with van der Waals surface area (Å²) >= 11 is 11.6. The Balaban J connectivity index is 2.45. The van der Waals surface area contributed by atoms with Gasteiger partial charge in [0, 0.05) is 11.6 Å². The molecule has 1 aromatic rings. The first kappa shape index (κ1) is 15.8. The van der Waals surface area contributed by atoms with Crippen molar-refractivity contribution in [2.75, 3.05) is 6.54 Å². The highest BCUT2D eigenvalue weighted by Gasteiger charge is 2.11. The summed E-state index contributed by atoms with van der Waals surface area (Å²) in [5, 5.41) is 3.33. The summed E-state index contributed by atoms with van der Waals surface area (Å²) in [5.74, 6) is -0.698. The van der Waals surface area contributed by atoms with Crippen molar-refractivity contribution >= 4 is 35.1 Å². The monoisotopic (exact) mass is 303 g/mol. The first-order valence-electron chi connectivity index (χ1n) is 5.83. The van der Waals surface area contributed by atoms with E-state index in [0.29, 0.717) is 10.6 Å². The Hall–Kier alpha value is -1.26. The lowest BCUT2D eigenvalue weighted by atomic mass is 10.2. The van der Waals surface area contributed by atoms with E-state index in [-0.39, 0.29) is 36.0 Å². The third-order valence-corrected chi connectivity index (χ3v) is 2.71. The molecule has 0 heterocycles. The Morgan fingerprint density at radius 1 is 1.32 bits per heavy atom. The lowest BCUT2D eigenvalue weighted by Gasteiger charge is -2.09. The van der Waals surface area contributed by atoms with Gasteiger partial charge in [-0.15, -0.1) is 0 Å². The minimum absolute atomic E-state index is 0.120. The molecule has 0 bridgehead atoms. The van der Waals surface area contributed by atoms with Crippen molar-refractivity contribution in [1.82, 2.24) is 5.32 Å². The van der Waals surface area contributed by atoms with Gasteiger partial charge in [0.25, 0.3) is 5.91 Å². The quantitative estimate of drug-likeness (QED) is 0.851. The lowest BCUT2D eigenvalue weighted by Crippen LogP contribution is -2.27. The van der Waals surface area contributed by atoms with Gasteiger partial charge in [-0.05, 0) is 32.0 Å². The number of hydrogen-bond donors (Lipinski definition) is 1. The average Bonchev–Trinajstić information content (AvgIpc) is 2.27. The molecule has 1 rings (SSSR count). The van der Waals surface area contributed by atoms with Gasteiger partial charge >= 0.3 is 5.97 Å². The molecule has 4 nitrogen and oxygen atoms in total. The molecular formula is C13H15Cl2NO3. The van der Waals surface area contributed by atoms with Gasteiger partial charge in [-0.25, -0.2) is 0 Å². The number of amides is 1. The maximum atomic E-state index is 11.8. The normalized spacial score (nSPS) is 10.4. The molecule has 1 aromatic carbocycles. The number of halogens is 2. The maximum Gasteiger partial charge on any atom is 0.307 e. The SMILES string of the molecule is CC(C)OC(=O)CCNC(=O)c1ccc(Cl)cc1Cl. The Labute approximate surface area is 122 Å². The van der Waals surface area contributed by atoms with Crippen LogP contribution in [0.1, 0.15) is 30.6 Å². The summed E-state index contributed by atoms with van der Waals surface area (Å²) in [6, 6.07) is 4.60. The third-order valence-electron chi connectivity index (χ3n) is 2.16. The molecule has 1 N–H and O–H groups in total. The molecule has 0 aromatic heterocycles. The highest BCUT2D eigenvalue weighted by molar-refractivity contribution is 6.36. The molecule has 0 saturated heterocycles. The number of benzene rings is 1. The van der Waals surface area contributed by atoms with Gasteiger partial charge in [-0.1, -0.05) is 23.2 Å². The van der Waals surface area contributed by atoms with Crippen LogP contribution < -0.4 is 5.32 Å². The molecule has 0 aliphatic carbocycles. The Morgan fingerprint density at radius 3 is 2.58 bits per heavy atom. The molecule has 19 heavy (non-hydrogen) atoms. The number of rotatable bonds is 5. The van der Waals surface area contributed by atoms with Crippen molar-refractivity contribution in [3.8, 4) is 0 Å². The Bertz CT molecular complexity index is 475. The molecule has 0 spiro atoms. The molecule has 0 unspecified atom stereocenters. The minimum Gasteiger partial charge on any atom is -0.463 e. The van der Waals surface area contributed by atoms with Gasteiger partial charge < -0.3 is 10.1 Å². The zero-order valence-corrected chi connectivity index (χ0v) is 12.2. The molecule has 0 aliphatic heterocycles. The van der Waals surface area contributed by atoms with E-state index in [2.05, 4.69) is 5.32 Å². The van der Waals surface area contributed by atoms with E-state index in [1.807, 2.05) is 0 Å². The molecule has 6 heteroatoms. The summed E-state index contributed by atoms with van der Waals surface area (Å²) < 4.78 is 4.94. The van der Waals surface area contributed by atoms with Gasteiger partial charge in [-0.3, -0.25) is 9.59 Å². The number of nitrogens with one attached hydrogen (secondary N) is 1. The molecule has 0 saturated carbocycles. The molecule has 0 atom stereocenters. The number of carbonyl (C=O) groups excluding carboxylic acids is 2. The summed E-state index contributed by atoms with van der Waals surface area (Å²) in [5.41, 5.74) is 0.322. The van der Waals surface area contributed by atoms with Gasteiger partial charge in [-0.2, -0.15) is 0 Å². The highest BCUT2D eigenvalue weighted by atomic mass is 35.5. The fourth-order valence-electron chi connectivity index (χ4n) is 1.37. The van der Waals surface area contributed by atoms with Crippen molar-refractivity contribution in [2.24, 2.45) is 0 Å². The van der Waals surface area contributed by atoms with Crippen molar-refractivity contribution in [1.29, 1.82) is 0 Å². The van der Waals surface area contributed by atoms with Crippen LogP contribution in [0.15, 0.2) is 18.2 Å². The predicted octanol–water partition coefficient (Wildman–Crippen LogP) is 3.06. The van der Waals surface area contributed by atoms with E-state index in [9.17, 15) is 9.59 Å². The smallest absolute Gasteiger partial charge is 0.307 e. The first-order chi connectivity index (χ1) is 8.90. The molecule has 0 fully saturated rings. The lowest BCUT2D eigenvalue weighted by molar-refractivity contribution is -0.147. The number of esters is 1. The standard InChI is InChI=1S/C13H15Cl2NO3/c1-8(2)19-12(17)5-6-16-13(18)10-4-3-9(14)7-11(10)15/h3-4,7-8H,5-6H2,1-2H3,(H,16,18). The summed E-state index contributed by atoms with van der Waals surface area (Å²) in [6.07, 6.45) is -0.0382.